The molecule has 1 unspecified atom stereocenters. The van der Waals surface area contributed by atoms with Gasteiger partial charge in [0.1, 0.15) is 23.6 Å². The Morgan fingerprint density at radius 3 is 2.50 bits per heavy atom. The number of fused-ring (bicyclic) bond motifs is 1. The van der Waals surface area contributed by atoms with Gasteiger partial charge in [-0.3, -0.25) is 4.68 Å². The number of sulfonamides is 1. The van der Waals surface area contributed by atoms with Crippen LogP contribution in [-0.4, -0.2) is 51.8 Å². The fourth-order valence-electron chi connectivity index (χ4n) is 4.62. The lowest BCUT2D eigenvalue weighted by Crippen LogP contribution is -2.28. The maximum Gasteiger partial charge on any atom is 0.230 e. The highest BCUT2D eigenvalue weighted by molar-refractivity contribution is 7.88. The minimum Gasteiger partial charge on any atom is -0.438 e. The van der Waals surface area contributed by atoms with E-state index in [-0.39, 0.29) is 11.9 Å². The SMILES string of the molecule is CS(=O)(=O)N1CCC(n2cc(-c3ncnc4oc(-c5ccccc5)cc34)c(-c3ccc(F)cc3)n2)C1. The van der Waals surface area contributed by atoms with Gasteiger partial charge in [0.2, 0.25) is 15.7 Å². The predicted molar refractivity (Wildman–Crippen MR) is 134 cm³/mol. The molecule has 0 amide bonds. The second kappa shape index (κ2) is 8.65. The van der Waals surface area contributed by atoms with E-state index < -0.39 is 10.0 Å². The van der Waals surface area contributed by atoms with Crippen LogP contribution in [0.5, 0.6) is 0 Å². The molecule has 182 valence electrons. The molecule has 1 aliphatic rings. The second-order valence-corrected chi connectivity index (χ2v) is 10.8. The molecule has 0 radical (unpaired) electrons. The average molecular weight is 504 g/mol. The van der Waals surface area contributed by atoms with Gasteiger partial charge in [-0.1, -0.05) is 30.3 Å². The number of hydrogen-bond donors (Lipinski definition) is 0. The van der Waals surface area contributed by atoms with Gasteiger partial charge in [-0.2, -0.15) is 9.40 Å². The summed E-state index contributed by atoms with van der Waals surface area (Å²) in [5.74, 6) is 0.328. The molecule has 2 aromatic carbocycles. The fraction of sp³-hybridized carbons (Fsp3) is 0.192. The molecular formula is C26H22FN5O3S. The molecule has 36 heavy (non-hydrogen) atoms. The molecule has 0 bridgehead atoms. The van der Waals surface area contributed by atoms with Gasteiger partial charge in [0.25, 0.3) is 0 Å². The summed E-state index contributed by atoms with van der Waals surface area (Å²) in [6.07, 6.45) is 5.18. The first-order valence-corrected chi connectivity index (χ1v) is 13.3. The van der Waals surface area contributed by atoms with Crippen LogP contribution in [0, 0.1) is 5.82 Å². The standard InChI is InChI=1S/C26H22FN5O3S/c1-36(33,34)31-12-11-20(14-31)32-15-22(24(30-32)18-7-9-19(27)10-8-18)25-21-13-23(17-5-3-2-4-6-17)35-26(21)29-16-28-25/h2-10,13,15-16,20H,11-12,14H2,1H3. The molecular weight excluding hydrogens is 481 g/mol. The van der Waals surface area contributed by atoms with Crippen molar-refractivity contribution in [2.45, 2.75) is 12.5 Å². The van der Waals surface area contributed by atoms with Crippen LogP contribution in [0.1, 0.15) is 12.5 Å². The monoisotopic (exact) mass is 503 g/mol. The van der Waals surface area contributed by atoms with E-state index in [9.17, 15) is 12.8 Å². The van der Waals surface area contributed by atoms with E-state index in [1.54, 1.807) is 16.8 Å². The van der Waals surface area contributed by atoms with Gasteiger partial charge in [0.15, 0.2) is 0 Å². The van der Waals surface area contributed by atoms with Gasteiger partial charge in [-0.05, 0) is 36.8 Å². The highest BCUT2D eigenvalue weighted by atomic mass is 32.2. The molecule has 4 heterocycles. The maximum atomic E-state index is 13.7. The first-order valence-electron chi connectivity index (χ1n) is 11.5. The highest BCUT2D eigenvalue weighted by Gasteiger charge is 2.31. The highest BCUT2D eigenvalue weighted by Crippen LogP contribution is 2.38. The Kier molecular flexibility index (Phi) is 5.42. The Balaban J connectivity index is 1.49. The maximum absolute atomic E-state index is 13.7. The molecule has 5 aromatic rings. The minimum absolute atomic E-state index is 0.130. The third kappa shape index (κ3) is 4.08. The van der Waals surface area contributed by atoms with E-state index in [1.807, 2.05) is 42.6 Å². The van der Waals surface area contributed by atoms with Gasteiger partial charge in [-0.25, -0.2) is 22.8 Å². The first-order chi connectivity index (χ1) is 17.4. The zero-order valence-corrected chi connectivity index (χ0v) is 20.2. The van der Waals surface area contributed by atoms with Crippen molar-refractivity contribution < 1.29 is 17.2 Å². The molecule has 3 aromatic heterocycles. The molecule has 1 saturated heterocycles. The summed E-state index contributed by atoms with van der Waals surface area (Å²) < 4.78 is 47.1. The molecule has 1 aliphatic heterocycles. The third-order valence-electron chi connectivity index (χ3n) is 6.46. The van der Waals surface area contributed by atoms with Crippen molar-refractivity contribution in [2.24, 2.45) is 0 Å². The Bertz CT molecular complexity index is 1660. The van der Waals surface area contributed by atoms with E-state index in [4.69, 9.17) is 9.52 Å². The van der Waals surface area contributed by atoms with Crippen molar-refractivity contribution in [3.05, 3.63) is 79.0 Å². The summed E-state index contributed by atoms with van der Waals surface area (Å²) in [7, 11) is -3.29. The van der Waals surface area contributed by atoms with Crippen LogP contribution in [-0.2, 0) is 10.0 Å². The predicted octanol–water partition coefficient (Wildman–Crippen LogP) is 4.77. The zero-order chi connectivity index (χ0) is 24.9. The molecule has 6 rings (SSSR count). The minimum atomic E-state index is -3.29. The topological polar surface area (TPSA) is 94.1 Å². The first kappa shape index (κ1) is 22.6. The van der Waals surface area contributed by atoms with Crippen LogP contribution in [0.4, 0.5) is 4.39 Å². The van der Waals surface area contributed by atoms with E-state index in [0.717, 1.165) is 22.1 Å². The van der Waals surface area contributed by atoms with E-state index in [1.165, 1.54) is 29.0 Å². The number of furan rings is 1. The number of nitrogens with zero attached hydrogens (tertiary/aromatic N) is 5. The van der Waals surface area contributed by atoms with Crippen LogP contribution >= 0.6 is 0 Å². The lowest BCUT2D eigenvalue weighted by atomic mass is 10.0. The molecule has 8 nitrogen and oxygen atoms in total. The molecule has 0 spiro atoms. The summed E-state index contributed by atoms with van der Waals surface area (Å²) in [6.45, 7) is 0.774. The number of rotatable bonds is 5. The van der Waals surface area contributed by atoms with Crippen LogP contribution < -0.4 is 0 Å². The van der Waals surface area contributed by atoms with Gasteiger partial charge < -0.3 is 4.42 Å². The van der Waals surface area contributed by atoms with Crippen molar-refractivity contribution in [3.63, 3.8) is 0 Å². The fourth-order valence-corrected chi connectivity index (χ4v) is 5.50. The van der Waals surface area contributed by atoms with E-state index in [2.05, 4.69) is 9.97 Å². The number of hydrogen-bond acceptors (Lipinski definition) is 6. The number of aromatic nitrogens is 4. The summed E-state index contributed by atoms with van der Waals surface area (Å²) >= 11 is 0. The van der Waals surface area contributed by atoms with Crippen molar-refractivity contribution in [2.75, 3.05) is 19.3 Å². The Labute approximate surface area is 207 Å². The second-order valence-electron chi connectivity index (χ2n) is 8.86. The molecule has 0 aliphatic carbocycles. The molecule has 1 atom stereocenters. The van der Waals surface area contributed by atoms with Crippen molar-refractivity contribution in [3.8, 4) is 33.8 Å². The number of halogens is 1. The van der Waals surface area contributed by atoms with Gasteiger partial charge >= 0.3 is 0 Å². The molecule has 0 saturated carbocycles. The summed E-state index contributed by atoms with van der Waals surface area (Å²) in [6, 6.07) is 17.6. The normalized spacial score (nSPS) is 16.7. The third-order valence-corrected chi connectivity index (χ3v) is 7.73. The smallest absolute Gasteiger partial charge is 0.230 e. The summed E-state index contributed by atoms with van der Waals surface area (Å²) in [5, 5.41) is 5.56. The Hall–Kier alpha value is -3.89. The van der Waals surface area contributed by atoms with E-state index >= 15 is 0 Å². The van der Waals surface area contributed by atoms with Crippen molar-refractivity contribution in [1.82, 2.24) is 24.1 Å². The lowest BCUT2D eigenvalue weighted by Gasteiger charge is -2.13. The quantitative estimate of drug-likeness (QED) is 0.343. The summed E-state index contributed by atoms with van der Waals surface area (Å²) in [4.78, 5) is 8.90. The zero-order valence-electron chi connectivity index (χ0n) is 19.4. The van der Waals surface area contributed by atoms with E-state index in [0.29, 0.717) is 42.4 Å². The van der Waals surface area contributed by atoms with Crippen LogP contribution in [0.3, 0.4) is 0 Å². The van der Waals surface area contributed by atoms with Crippen LogP contribution in [0.2, 0.25) is 0 Å². The largest absolute Gasteiger partial charge is 0.438 e. The molecule has 10 heteroatoms. The Morgan fingerprint density at radius 1 is 1.00 bits per heavy atom. The van der Waals surface area contributed by atoms with Crippen molar-refractivity contribution >= 4 is 21.1 Å². The van der Waals surface area contributed by atoms with Crippen LogP contribution in [0.25, 0.3) is 44.9 Å². The molecule has 0 N–H and O–H groups in total. The van der Waals surface area contributed by atoms with Crippen molar-refractivity contribution in [1.29, 1.82) is 0 Å². The lowest BCUT2D eigenvalue weighted by molar-refractivity contribution is 0.438. The van der Waals surface area contributed by atoms with Gasteiger partial charge in [0, 0.05) is 36.0 Å². The van der Waals surface area contributed by atoms with Crippen LogP contribution in [0.15, 0.2) is 77.6 Å². The van der Waals surface area contributed by atoms with Gasteiger partial charge in [-0.15, -0.1) is 0 Å². The molecule has 1 fully saturated rings. The average Bonchev–Trinajstić information content (AvgIpc) is 3.62. The Morgan fingerprint density at radius 2 is 1.78 bits per heavy atom. The van der Waals surface area contributed by atoms with Gasteiger partial charge in [0.05, 0.1) is 23.4 Å². The summed E-state index contributed by atoms with van der Waals surface area (Å²) in [5.41, 5.74) is 4.07. The number of benzene rings is 2.